The fourth-order valence-corrected chi connectivity index (χ4v) is 2.02. The first kappa shape index (κ1) is 12.9. The van der Waals surface area contributed by atoms with E-state index in [1.165, 1.54) is 6.20 Å². The lowest BCUT2D eigenvalue weighted by molar-refractivity contribution is -0.117. The number of amides is 1. The summed E-state index contributed by atoms with van der Waals surface area (Å²) in [5.41, 5.74) is 0. The zero-order valence-electron chi connectivity index (χ0n) is 10.5. The van der Waals surface area contributed by atoms with Gasteiger partial charge in [-0.05, 0) is 19.4 Å². The third kappa shape index (κ3) is 4.05. The molecule has 6 nitrogen and oxygen atoms in total. The van der Waals surface area contributed by atoms with Crippen molar-refractivity contribution in [3.63, 3.8) is 0 Å². The number of hydrogen-bond acceptors (Lipinski definition) is 5. The maximum Gasteiger partial charge on any atom is 0.239 e. The van der Waals surface area contributed by atoms with Crippen molar-refractivity contribution in [2.45, 2.75) is 6.42 Å². The lowest BCUT2D eigenvalue weighted by Gasteiger charge is -2.19. The summed E-state index contributed by atoms with van der Waals surface area (Å²) in [7, 11) is 1.94. The van der Waals surface area contributed by atoms with Crippen molar-refractivity contribution in [3.05, 3.63) is 18.6 Å². The number of nitrogens with one attached hydrogen (secondary N) is 1. The highest BCUT2D eigenvalue weighted by Gasteiger charge is 2.18. The molecule has 0 aromatic carbocycles. The third-order valence-electron chi connectivity index (χ3n) is 2.84. The summed E-state index contributed by atoms with van der Waals surface area (Å²) in [6, 6.07) is 0. The average molecular weight is 250 g/mol. The molecule has 1 aliphatic heterocycles. The van der Waals surface area contributed by atoms with E-state index in [0.717, 1.165) is 26.2 Å². The van der Waals surface area contributed by atoms with Crippen molar-refractivity contribution in [2.24, 2.45) is 5.92 Å². The molecule has 98 valence electrons. The number of rotatable bonds is 5. The summed E-state index contributed by atoms with van der Waals surface area (Å²) in [5, 5.41) is 2.71. The van der Waals surface area contributed by atoms with Gasteiger partial charge in [0.25, 0.3) is 0 Å². The van der Waals surface area contributed by atoms with Crippen molar-refractivity contribution in [3.8, 4) is 0 Å². The van der Waals surface area contributed by atoms with E-state index < -0.39 is 0 Å². The molecule has 2 heterocycles. The molecule has 1 saturated heterocycles. The SMILES string of the molecule is CN(CC(=O)Nc1cnccn1)C[C@H]1CCOC1. The maximum atomic E-state index is 11.7. The quantitative estimate of drug-likeness (QED) is 0.818. The fraction of sp³-hybridized carbons (Fsp3) is 0.583. The van der Waals surface area contributed by atoms with E-state index in [1.807, 2.05) is 11.9 Å². The Labute approximate surface area is 106 Å². The van der Waals surface area contributed by atoms with Crippen LogP contribution in [0.4, 0.5) is 5.82 Å². The number of nitrogens with zero attached hydrogens (tertiary/aromatic N) is 3. The summed E-state index contributed by atoms with van der Waals surface area (Å²) >= 11 is 0. The van der Waals surface area contributed by atoms with Crippen molar-refractivity contribution in [1.82, 2.24) is 14.9 Å². The summed E-state index contributed by atoms with van der Waals surface area (Å²) in [6.45, 7) is 2.88. The van der Waals surface area contributed by atoms with Crippen molar-refractivity contribution >= 4 is 11.7 Å². The molecule has 1 fully saturated rings. The van der Waals surface area contributed by atoms with Gasteiger partial charge in [-0.1, -0.05) is 0 Å². The number of hydrogen-bond donors (Lipinski definition) is 1. The Kier molecular flexibility index (Phi) is 4.60. The highest BCUT2D eigenvalue weighted by Crippen LogP contribution is 2.12. The number of carbonyl (C=O) groups is 1. The van der Waals surface area contributed by atoms with E-state index in [9.17, 15) is 4.79 Å². The van der Waals surface area contributed by atoms with E-state index in [2.05, 4.69) is 15.3 Å². The minimum atomic E-state index is -0.0723. The molecule has 1 aliphatic rings. The van der Waals surface area contributed by atoms with Crippen LogP contribution in [0.3, 0.4) is 0 Å². The molecule has 1 atom stereocenters. The van der Waals surface area contributed by atoms with Gasteiger partial charge in [0.2, 0.25) is 5.91 Å². The molecule has 6 heteroatoms. The minimum absolute atomic E-state index is 0.0723. The average Bonchev–Trinajstić information content (AvgIpc) is 2.82. The number of anilines is 1. The fourth-order valence-electron chi connectivity index (χ4n) is 2.02. The first-order valence-electron chi connectivity index (χ1n) is 6.06. The van der Waals surface area contributed by atoms with Gasteiger partial charge in [-0.3, -0.25) is 14.7 Å². The zero-order valence-corrected chi connectivity index (χ0v) is 10.5. The smallest absolute Gasteiger partial charge is 0.239 e. The second kappa shape index (κ2) is 6.42. The Morgan fingerprint density at radius 3 is 3.17 bits per heavy atom. The Morgan fingerprint density at radius 1 is 1.61 bits per heavy atom. The van der Waals surface area contributed by atoms with Gasteiger partial charge in [0.05, 0.1) is 19.3 Å². The molecule has 1 N–H and O–H groups in total. The van der Waals surface area contributed by atoms with Gasteiger partial charge in [0.15, 0.2) is 5.82 Å². The summed E-state index contributed by atoms with van der Waals surface area (Å²) in [4.78, 5) is 21.6. The first-order valence-corrected chi connectivity index (χ1v) is 6.06. The molecule has 0 radical (unpaired) electrons. The van der Waals surface area contributed by atoms with Gasteiger partial charge < -0.3 is 10.1 Å². The monoisotopic (exact) mass is 250 g/mol. The van der Waals surface area contributed by atoms with Crippen molar-refractivity contribution in [2.75, 3.05) is 38.7 Å². The van der Waals surface area contributed by atoms with Gasteiger partial charge in [0.1, 0.15) is 0 Å². The lowest BCUT2D eigenvalue weighted by atomic mass is 10.1. The Balaban J connectivity index is 1.73. The van der Waals surface area contributed by atoms with E-state index in [1.54, 1.807) is 12.4 Å². The Hall–Kier alpha value is -1.53. The molecule has 1 aromatic rings. The zero-order chi connectivity index (χ0) is 12.8. The van der Waals surface area contributed by atoms with Crippen LogP contribution in [-0.2, 0) is 9.53 Å². The molecule has 18 heavy (non-hydrogen) atoms. The normalized spacial score (nSPS) is 19.1. The number of likely N-dealkylation sites (N-methyl/N-ethyl adjacent to an activating group) is 1. The highest BCUT2D eigenvalue weighted by molar-refractivity contribution is 5.91. The number of carbonyl (C=O) groups excluding carboxylic acids is 1. The second-order valence-electron chi connectivity index (χ2n) is 4.57. The van der Waals surface area contributed by atoms with Crippen molar-refractivity contribution < 1.29 is 9.53 Å². The molecule has 0 saturated carbocycles. The third-order valence-corrected chi connectivity index (χ3v) is 2.84. The van der Waals surface area contributed by atoms with E-state index in [-0.39, 0.29) is 5.91 Å². The van der Waals surface area contributed by atoms with Crippen LogP contribution in [0.25, 0.3) is 0 Å². The molecule has 0 spiro atoms. The van der Waals surface area contributed by atoms with E-state index in [0.29, 0.717) is 18.3 Å². The number of ether oxygens (including phenoxy) is 1. The Morgan fingerprint density at radius 2 is 2.50 bits per heavy atom. The minimum Gasteiger partial charge on any atom is -0.381 e. The van der Waals surface area contributed by atoms with Crippen LogP contribution in [0.5, 0.6) is 0 Å². The van der Waals surface area contributed by atoms with Crippen molar-refractivity contribution in [1.29, 1.82) is 0 Å². The largest absolute Gasteiger partial charge is 0.381 e. The van der Waals surface area contributed by atoms with Gasteiger partial charge >= 0.3 is 0 Å². The summed E-state index contributed by atoms with van der Waals surface area (Å²) in [5.74, 6) is 0.955. The van der Waals surface area contributed by atoms with Crippen LogP contribution >= 0.6 is 0 Å². The second-order valence-corrected chi connectivity index (χ2v) is 4.57. The highest BCUT2D eigenvalue weighted by atomic mass is 16.5. The Bertz CT molecular complexity index is 379. The van der Waals surface area contributed by atoms with Crippen LogP contribution in [0, 0.1) is 5.92 Å². The van der Waals surface area contributed by atoms with Crippen LogP contribution in [0.15, 0.2) is 18.6 Å². The molecular formula is C12H18N4O2. The van der Waals surface area contributed by atoms with Gasteiger partial charge in [-0.25, -0.2) is 4.98 Å². The molecule has 0 aliphatic carbocycles. The number of aromatic nitrogens is 2. The molecule has 0 unspecified atom stereocenters. The molecule has 1 aromatic heterocycles. The lowest BCUT2D eigenvalue weighted by Crippen LogP contribution is -2.34. The summed E-state index contributed by atoms with van der Waals surface area (Å²) in [6.07, 6.45) is 5.73. The topological polar surface area (TPSA) is 67.4 Å². The molecule has 2 rings (SSSR count). The summed E-state index contributed by atoms with van der Waals surface area (Å²) < 4.78 is 5.31. The molecular weight excluding hydrogens is 232 g/mol. The molecule has 1 amide bonds. The maximum absolute atomic E-state index is 11.7. The first-order chi connectivity index (χ1) is 8.74. The predicted molar refractivity (Wildman–Crippen MR) is 67.1 cm³/mol. The standard InChI is InChI=1S/C12H18N4O2/c1-16(7-10-2-5-18-9-10)8-12(17)15-11-6-13-3-4-14-11/h3-4,6,10H,2,5,7-9H2,1H3,(H,14,15,17)/t10-/m1/s1. The van der Waals surface area contributed by atoms with Crippen LogP contribution < -0.4 is 5.32 Å². The van der Waals surface area contributed by atoms with Gasteiger partial charge in [0, 0.05) is 25.5 Å². The van der Waals surface area contributed by atoms with E-state index in [4.69, 9.17) is 4.74 Å². The van der Waals surface area contributed by atoms with Gasteiger partial charge in [-0.2, -0.15) is 0 Å². The molecule has 0 bridgehead atoms. The van der Waals surface area contributed by atoms with Crippen LogP contribution in [0.2, 0.25) is 0 Å². The van der Waals surface area contributed by atoms with E-state index >= 15 is 0 Å². The van der Waals surface area contributed by atoms with Gasteiger partial charge in [-0.15, -0.1) is 0 Å². The predicted octanol–water partition coefficient (Wildman–Crippen LogP) is 0.383. The van der Waals surface area contributed by atoms with Crippen LogP contribution in [-0.4, -0.2) is 54.1 Å². The van der Waals surface area contributed by atoms with Crippen LogP contribution in [0.1, 0.15) is 6.42 Å².